The number of carbonyl (C=O) groups excluding carboxylic acids is 1. The van der Waals surface area contributed by atoms with E-state index < -0.39 is 6.10 Å². The Balaban J connectivity index is 0.00000121. The number of benzene rings is 1. The molecule has 60 valence electrons. The van der Waals surface area contributed by atoms with Crippen molar-refractivity contribution >= 4 is 35.8 Å². The van der Waals surface area contributed by atoms with Crippen LogP contribution in [0.1, 0.15) is 11.7 Å². The van der Waals surface area contributed by atoms with Crippen molar-refractivity contribution in [1.29, 1.82) is 0 Å². The van der Waals surface area contributed by atoms with E-state index >= 15 is 0 Å². The van der Waals surface area contributed by atoms with E-state index in [4.69, 9.17) is 10.2 Å². The van der Waals surface area contributed by atoms with Gasteiger partial charge in [0, 0.05) is 0 Å². The Kier molecular flexibility index (Phi) is 5.17. The molecule has 2 N–H and O–H groups in total. The van der Waals surface area contributed by atoms with E-state index in [1.54, 1.807) is 0 Å². The van der Waals surface area contributed by atoms with Crippen molar-refractivity contribution in [2.75, 3.05) is 0 Å². The SMILES string of the molecule is O=CC(O)c1ccc(O)cc1.[NaH]. The molecule has 1 unspecified atom stereocenters. The number of aliphatic hydroxyl groups is 1. The molecule has 0 heterocycles. The van der Waals surface area contributed by atoms with Crippen LogP contribution in [0.5, 0.6) is 5.75 Å². The van der Waals surface area contributed by atoms with E-state index in [0.29, 0.717) is 11.8 Å². The fraction of sp³-hybridized carbons (Fsp3) is 0.125. The fourth-order valence-corrected chi connectivity index (χ4v) is 0.750. The van der Waals surface area contributed by atoms with E-state index in [2.05, 4.69) is 0 Å². The number of aliphatic hydroxyl groups excluding tert-OH is 1. The molecule has 0 aromatic heterocycles. The molecular formula is C8H9NaO3. The number of aldehydes is 1. The average molecular weight is 176 g/mol. The molecule has 1 rings (SSSR count). The molecule has 12 heavy (non-hydrogen) atoms. The second-order valence-corrected chi connectivity index (χ2v) is 2.17. The fourth-order valence-electron chi connectivity index (χ4n) is 0.750. The predicted molar refractivity (Wildman–Crippen MR) is 46.3 cm³/mol. The minimum atomic E-state index is -1.09. The van der Waals surface area contributed by atoms with E-state index in [1.807, 2.05) is 0 Å². The summed E-state index contributed by atoms with van der Waals surface area (Å²) < 4.78 is 0. The Labute approximate surface area is 92.3 Å². The molecular weight excluding hydrogens is 167 g/mol. The van der Waals surface area contributed by atoms with Crippen molar-refractivity contribution in [2.24, 2.45) is 0 Å². The van der Waals surface area contributed by atoms with Crippen molar-refractivity contribution in [1.82, 2.24) is 0 Å². The van der Waals surface area contributed by atoms with Gasteiger partial charge in [-0.05, 0) is 17.7 Å². The summed E-state index contributed by atoms with van der Waals surface area (Å²) in [6.07, 6.45) is -0.651. The van der Waals surface area contributed by atoms with Gasteiger partial charge in [-0.25, -0.2) is 0 Å². The second kappa shape index (κ2) is 5.32. The van der Waals surface area contributed by atoms with Crippen molar-refractivity contribution in [3.05, 3.63) is 29.8 Å². The van der Waals surface area contributed by atoms with Crippen LogP contribution in [0.4, 0.5) is 0 Å². The van der Waals surface area contributed by atoms with Gasteiger partial charge < -0.3 is 15.0 Å². The molecule has 0 aliphatic rings. The molecule has 0 bridgehead atoms. The molecule has 4 heteroatoms. The summed E-state index contributed by atoms with van der Waals surface area (Å²) in [5.74, 6) is 0.117. The van der Waals surface area contributed by atoms with Crippen LogP contribution in [0.15, 0.2) is 24.3 Å². The first kappa shape index (κ1) is 11.6. The number of aromatic hydroxyl groups is 1. The molecule has 0 spiro atoms. The molecule has 0 fully saturated rings. The molecule has 0 saturated carbocycles. The number of carbonyl (C=O) groups is 1. The summed E-state index contributed by atoms with van der Waals surface area (Å²) in [4.78, 5) is 10.1. The van der Waals surface area contributed by atoms with Gasteiger partial charge in [0.2, 0.25) is 0 Å². The zero-order valence-electron chi connectivity index (χ0n) is 5.77. The molecule has 0 radical (unpaired) electrons. The summed E-state index contributed by atoms with van der Waals surface area (Å²) in [5.41, 5.74) is 0.484. The molecule has 0 aliphatic heterocycles. The Morgan fingerprint density at radius 3 is 2.17 bits per heavy atom. The number of phenols is 1. The van der Waals surface area contributed by atoms with Crippen LogP contribution >= 0.6 is 0 Å². The van der Waals surface area contributed by atoms with Crippen molar-refractivity contribution in [3.63, 3.8) is 0 Å². The Morgan fingerprint density at radius 2 is 1.75 bits per heavy atom. The van der Waals surface area contributed by atoms with Gasteiger partial charge in [0.15, 0.2) is 6.29 Å². The normalized spacial score (nSPS) is 11.4. The van der Waals surface area contributed by atoms with Crippen molar-refractivity contribution in [3.8, 4) is 5.75 Å². The summed E-state index contributed by atoms with van der Waals surface area (Å²) in [6.45, 7) is 0. The molecule has 1 aromatic rings. The zero-order valence-corrected chi connectivity index (χ0v) is 5.77. The van der Waals surface area contributed by atoms with Gasteiger partial charge in [0.25, 0.3) is 0 Å². The first-order valence-corrected chi connectivity index (χ1v) is 3.16. The van der Waals surface area contributed by atoms with Crippen LogP contribution in [0.25, 0.3) is 0 Å². The summed E-state index contributed by atoms with van der Waals surface area (Å²) in [7, 11) is 0. The monoisotopic (exact) mass is 176 g/mol. The molecule has 1 atom stereocenters. The van der Waals surface area contributed by atoms with Gasteiger partial charge in [-0.1, -0.05) is 12.1 Å². The number of hydrogen-bond acceptors (Lipinski definition) is 3. The van der Waals surface area contributed by atoms with E-state index in [-0.39, 0.29) is 35.3 Å². The third-order valence-corrected chi connectivity index (χ3v) is 1.36. The average Bonchev–Trinajstić information content (AvgIpc) is 2.05. The molecule has 0 saturated heterocycles. The second-order valence-electron chi connectivity index (χ2n) is 2.17. The summed E-state index contributed by atoms with van der Waals surface area (Å²) in [5, 5.41) is 17.8. The van der Waals surface area contributed by atoms with Crippen molar-refractivity contribution in [2.45, 2.75) is 6.10 Å². The Morgan fingerprint density at radius 1 is 1.25 bits per heavy atom. The van der Waals surface area contributed by atoms with Crippen LogP contribution in [0.3, 0.4) is 0 Å². The van der Waals surface area contributed by atoms with Gasteiger partial charge in [-0.15, -0.1) is 0 Å². The van der Waals surface area contributed by atoms with Crippen molar-refractivity contribution < 1.29 is 15.0 Å². The van der Waals surface area contributed by atoms with Crippen LogP contribution < -0.4 is 0 Å². The maximum absolute atomic E-state index is 10.1. The Bertz CT molecular complexity index is 245. The van der Waals surface area contributed by atoms with Gasteiger partial charge in [0.1, 0.15) is 11.9 Å². The van der Waals surface area contributed by atoms with Gasteiger partial charge in [-0.3, -0.25) is 0 Å². The molecule has 0 amide bonds. The maximum atomic E-state index is 10.1. The molecule has 3 nitrogen and oxygen atoms in total. The topological polar surface area (TPSA) is 57.5 Å². The first-order chi connectivity index (χ1) is 5.24. The number of phenolic OH excluding ortho intramolecular Hbond substituents is 1. The summed E-state index contributed by atoms with van der Waals surface area (Å²) in [6, 6.07) is 5.83. The third kappa shape index (κ3) is 2.95. The summed E-state index contributed by atoms with van der Waals surface area (Å²) >= 11 is 0. The first-order valence-electron chi connectivity index (χ1n) is 3.16. The van der Waals surface area contributed by atoms with Gasteiger partial charge in [-0.2, -0.15) is 0 Å². The van der Waals surface area contributed by atoms with Crippen LogP contribution in [0.2, 0.25) is 0 Å². The Hall–Kier alpha value is -0.350. The van der Waals surface area contributed by atoms with Gasteiger partial charge >= 0.3 is 29.6 Å². The zero-order chi connectivity index (χ0) is 8.27. The quantitative estimate of drug-likeness (QED) is 0.491. The molecule has 0 aliphatic carbocycles. The third-order valence-electron chi connectivity index (χ3n) is 1.36. The van der Waals surface area contributed by atoms with Crippen LogP contribution in [-0.4, -0.2) is 46.1 Å². The molecule has 1 aromatic carbocycles. The van der Waals surface area contributed by atoms with E-state index in [1.165, 1.54) is 24.3 Å². The van der Waals surface area contributed by atoms with E-state index in [0.717, 1.165) is 0 Å². The number of hydrogen-bond donors (Lipinski definition) is 2. The predicted octanol–water partition coefficient (Wildman–Crippen LogP) is -0.0240. The van der Waals surface area contributed by atoms with E-state index in [9.17, 15) is 4.79 Å². The van der Waals surface area contributed by atoms with Gasteiger partial charge in [0.05, 0.1) is 0 Å². The van der Waals surface area contributed by atoms with Crippen LogP contribution in [0, 0.1) is 0 Å². The van der Waals surface area contributed by atoms with Crippen LogP contribution in [-0.2, 0) is 4.79 Å². The minimum absolute atomic E-state index is 0. The number of rotatable bonds is 2. The standard InChI is InChI=1S/C8H8O3.Na.H/c9-5-8(11)6-1-3-7(10)4-2-6;;/h1-5,8,10-11H;;.